The lowest BCUT2D eigenvalue weighted by Gasteiger charge is -2.12. The Balaban J connectivity index is 2.23. The molecule has 0 fully saturated rings. The van der Waals surface area contributed by atoms with Crippen LogP contribution in [0, 0.1) is 32.1 Å². The molecule has 0 spiro atoms. The second-order valence-corrected chi connectivity index (χ2v) is 6.64. The first-order valence-electron chi connectivity index (χ1n) is 8.15. The maximum Gasteiger partial charge on any atom is 0.417 e. The molecule has 0 saturated heterocycles. The van der Waals surface area contributed by atoms with Crippen molar-refractivity contribution in [3.63, 3.8) is 0 Å². The minimum absolute atomic E-state index is 0.120. The van der Waals surface area contributed by atoms with Gasteiger partial charge in [0.2, 0.25) is 0 Å². The molecule has 0 atom stereocenters. The number of carbonyl (C=O) groups excluding carboxylic acids is 1. The number of nitrogens with one attached hydrogen (secondary N) is 2. The molecule has 2 aromatic rings. The van der Waals surface area contributed by atoms with Gasteiger partial charge in [-0.2, -0.15) is 18.4 Å². The van der Waals surface area contributed by atoms with E-state index in [9.17, 15) is 23.2 Å². The van der Waals surface area contributed by atoms with Crippen molar-refractivity contribution in [1.29, 1.82) is 5.26 Å². The Labute approximate surface area is 165 Å². The molecule has 0 saturated carbocycles. The fraction of sp³-hybridized carbons (Fsp3) is 0.200. The first-order chi connectivity index (χ1) is 13.0. The fourth-order valence-electron chi connectivity index (χ4n) is 2.72. The summed E-state index contributed by atoms with van der Waals surface area (Å²) in [7, 11) is 0. The Hall–Kier alpha value is -2.98. The molecule has 8 heteroatoms. The van der Waals surface area contributed by atoms with Gasteiger partial charge in [-0.05, 0) is 50.1 Å². The van der Waals surface area contributed by atoms with E-state index in [1.807, 2.05) is 32.9 Å². The molecule has 4 nitrogen and oxygen atoms in total. The zero-order valence-electron chi connectivity index (χ0n) is 15.3. The van der Waals surface area contributed by atoms with Crippen LogP contribution in [0.15, 0.2) is 42.1 Å². The van der Waals surface area contributed by atoms with Gasteiger partial charge in [0, 0.05) is 17.6 Å². The molecule has 0 aromatic heterocycles. The van der Waals surface area contributed by atoms with Gasteiger partial charge >= 0.3 is 6.18 Å². The maximum atomic E-state index is 12.9. The standard InChI is InChI=1S/C20H17ClF3N3O/c1-11-6-12(2)18(13(3)7-11)26-10-14(9-25)19(28)27-15-4-5-17(21)16(8-15)20(22,23)24/h4-8,10,26H,1-3H3,(H,27,28)/b14-10-. The Morgan fingerprint density at radius 3 is 2.29 bits per heavy atom. The van der Waals surface area contributed by atoms with Crippen molar-refractivity contribution in [2.45, 2.75) is 26.9 Å². The predicted molar refractivity (Wildman–Crippen MR) is 103 cm³/mol. The number of aryl methyl sites for hydroxylation is 3. The highest BCUT2D eigenvalue weighted by Gasteiger charge is 2.33. The van der Waals surface area contributed by atoms with Gasteiger partial charge in [-0.3, -0.25) is 4.79 Å². The van der Waals surface area contributed by atoms with E-state index in [1.54, 1.807) is 6.07 Å². The SMILES string of the molecule is Cc1cc(C)c(N/C=C(/C#N)C(=O)Nc2ccc(Cl)c(C(F)(F)F)c2)c(C)c1. The van der Waals surface area contributed by atoms with Crippen LogP contribution >= 0.6 is 11.6 Å². The van der Waals surface area contributed by atoms with E-state index in [0.29, 0.717) is 0 Å². The summed E-state index contributed by atoms with van der Waals surface area (Å²) in [6.07, 6.45) is -3.44. The predicted octanol–water partition coefficient (Wildman–Crippen LogP) is 5.74. The number of carbonyl (C=O) groups is 1. The number of alkyl halides is 3. The van der Waals surface area contributed by atoms with E-state index < -0.39 is 22.7 Å². The number of hydrogen-bond donors (Lipinski definition) is 2. The number of hydrogen-bond acceptors (Lipinski definition) is 3. The van der Waals surface area contributed by atoms with Crippen molar-refractivity contribution in [1.82, 2.24) is 0 Å². The third kappa shape index (κ3) is 5.05. The number of nitriles is 1. The summed E-state index contributed by atoms with van der Waals surface area (Å²) in [5, 5.41) is 14.0. The molecule has 0 radical (unpaired) electrons. The van der Waals surface area contributed by atoms with Crippen LogP contribution in [-0.2, 0) is 11.0 Å². The van der Waals surface area contributed by atoms with E-state index in [4.69, 9.17) is 11.6 Å². The van der Waals surface area contributed by atoms with E-state index >= 15 is 0 Å². The number of nitrogens with zero attached hydrogens (tertiary/aromatic N) is 1. The highest BCUT2D eigenvalue weighted by molar-refractivity contribution is 6.31. The third-order valence-electron chi connectivity index (χ3n) is 3.93. The molecular weight excluding hydrogens is 391 g/mol. The largest absolute Gasteiger partial charge is 0.417 e. The Morgan fingerprint density at radius 1 is 1.14 bits per heavy atom. The van der Waals surface area contributed by atoms with Crippen molar-refractivity contribution in [3.8, 4) is 6.07 Å². The van der Waals surface area contributed by atoms with Gasteiger partial charge in [0.15, 0.2) is 0 Å². The van der Waals surface area contributed by atoms with Gasteiger partial charge in [0.1, 0.15) is 11.6 Å². The smallest absolute Gasteiger partial charge is 0.360 e. The summed E-state index contributed by atoms with van der Waals surface area (Å²) < 4.78 is 38.8. The molecule has 2 N–H and O–H groups in total. The summed E-state index contributed by atoms with van der Waals surface area (Å²) in [4.78, 5) is 12.3. The molecule has 2 rings (SSSR count). The van der Waals surface area contributed by atoms with Crippen LogP contribution in [-0.4, -0.2) is 5.91 Å². The second-order valence-electron chi connectivity index (χ2n) is 6.23. The van der Waals surface area contributed by atoms with Crippen LogP contribution < -0.4 is 10.6 Å². The minimum Gasteiger partial charge on any atom is -0.360 e. The van der Waals surface area contributed by atoms with Crippen molar-refractivity contribution < 1.29 is 18.0 Å². The average Bonchev–Trinajstić information content (AvgIpc) is 2.57. The van der Waals surface area contributed by atoms with E-state index in [-0.39, 0.29) is 11.3 Å². The molecule has 1 amide bonds. The van der Waals surface area contributed by atoms with Gasteiger partial charge in [-0.15, -0.1) is 0 Å². The molecule has 0 aliphatic heterocycles. The topological polar surface area (TPSA) is 64.9 Å². The van der Waals surface area contributed by atoms with Crippen molar-refractivity contribution in [2.24, 2.45) is 0 Å². The molecule has 0 aliphatic carbocycles. The number of halogens is 4. The second kappa shape index (κ2) is 8.36. The van der Waals surface area contributed by atoms with Gasteiger partial charge in [-0.25, -0.2) is 0 Å². The lowest BCUT2D eigenvalue weighted by Crippen LogP contribution is -2.16. The summed E-state index contributed by atoms with van der Waals surface area (Å²) >= 11 is 5.56. The Morgan fingerprint density at radius 2 is 1.75 bits per heavy atom. The number of benzene rings is 2. The fourth-order valence-corrected chi connectivity index (χ4v) is 2.94. The summed E-state index contributed by atoms with van der Waals surface area (Å²) in [5.41, 5.74) is 2.20. The number of anilines is 2. The zero-order valence-corrected chi connectivity index (χ0v) is 16.1. The van der Waals surface area contributed by atoms with Crippen LogP contribution in [0.1, 0.15) is 22.3 Å². The Bertz CT molecular complexity index is 968. The van der Waals surface area contributed by atoms with Crippen LogP contribution in [0.2, 0.25) is 5.02 Å². The lowest BCUT2D eigenvalue weighted by atomic mass is 10.1. The summed E-state index contributed by atoms with van der Waals surface area (Å²) in [6.45, 7) is 5.72. The molecule has 2 aromatic carbocycles. The van der Waals surface area contributed by atoms with Gasteiger partial charge in [-0.1, -0.05) is 29.3 Å². The zero-order chi connectivity index (χ0) is 21.1. The van der Waals surface area contributed by atoms with Crippen LogP contribution in [0.5, 0.6) is 0 Å². The van der Waals surface area contributed by atoms with Gasteiger partial charge in [0.25, 0.3) is 5.91 Å². The summed E-state index contributed by atoms with van der Waals surface area (Å²) in [5.74, 6) is -0.840. The monoisotopic (exact) mass is 407 g/mol. The molecule has 0 heterocycles. The lowest BCUT2D eigenvalue weighted by molar-refractivity contribution is -0.137. The van der Waals surface area contributed by atoms with Gasteiger partial charge in [0.05, 0.1) is 10.6 Å². The number of amides is 1. The highest BCUT2D eigenvalue weighted by Crippen LogP contribution is 2.36. The molecule has 0 aliphatic rings. The maximum absolute atomic E-state index is 12.9. The highest BCUT2D eigenvalue weighted by atomic mass is 35.5. The van der Waals surface area contributed by atoms with Crippen LogP contribution in [0.4, 0.5) is 24.5 Å². The van der Waals surface area contributed by atoms with E-state index in [1.165, 1.54) is 12.3 Å². The minimum atomic E-state index is -4.66. The van der Waals surface area contributed by atoms with Gasteiger partial charge < -0.3 is 10.6 Å². The molecular formula is C20H17ClF3N3O. The quantitative estimate of drug-likeness (QED) is 0.501. The summed E-state index contributed by atoms with van der Waals surface area (Å²) in [6, 6.07) is 8.61. The van der Waals surface area contributed by atoms with Crippen molar-refractivity contribution >= 4 is 28.9 Å². The van der Waals surface area contributed by atoms with Crippen LogP contribution in [0.3, 0.4) is 0 Å². The van der Waals surface area contributed by atoms with E-state index in [2.05, 4.69) is 10.6 Å². The van der Waals surface area contributed by atoms with Crippen molar-refractivity contribution in [2.75, 3.05) is 10.6 Å². The van der Waals surface area contributed by atoms with Crippen LogP contribution in [0.25, 0.3) is 0 Å². The molecule has 0 unspecified atom stereocenters. The van der Waals surface area contributed by atoms with Crippen molar-refractivity contribution in [3.05, 3.63) is 69.4 Å². The van der Waals surface area contributed by atoms with E-state index in [0.717, 1.165) is 34.5 Å². The molecule has 28 heavy (non-hydrogen) atoms. The molecule has 146 valence electrons. The normalized spacial score (nSPS) is 11.7. The number of rotatable bonds is 4. The Kier molecular flexibility index (Phi) is 6.37. The average molecular weight is 408 g/mol. The third-order valence-corrected chi connectivity index (χ3v) is 4.26. The first-order valence-corrected chi connectivity index (χ1v) is 8.53. The molecule has 0 bridgehead atoms. The first kappa shape index (κ1) is 21.3.